The van der Waals surface area contributed by atoms with Crippen molar-refractivity contribution < 1.29 is 64.2 Å². The number of unbranched alkanes of at least 4 members (excludes halogenated alkanes) is 9. The molecule has 0 unspecified atom stereocenters. The summed E-state index contributed by atoms with van der Waals surface area (Å²) in [5, 5.41) is 0. The van der Waals surface area contributed by atoms with Gasteiger partial charge in [-0.25, -0.2) is 0 Å². The summed E-state index contributed by atoms with van der Waals surface area (Å²) in [6, 6.07) is 0. The fourth-order valence-corrected chi connectivity index (χ4v) is 2.12. The summed E-state index contributed by atoms with van der Waals surface area (Å²) in [5.41, 5.74) is 0. The van der Waals surface area contributed by atoms with Crippen LogP contribution in [0.25, 0.3) is 0 Å². The van der Waals surface area contributed by atoms with Crippen LogP contribution in [0.2, 0.25) is 0 Å². The summed E-state index contributed by atoms with van der Waals surface area (Å²) in [5.74, 6) is 0. The van der Waals surface area contributed by atoms with Gasteiger partial charge in [0.1, 0.15) is 0 Å². The van der Waals surface area contributed by atoms with Crippen molar-refractivity contribution in [1.82, 2.24) is 0 Å². The van der Waals surface area contributed by atoms with E-state index in [0.717, 1.165) is 6.42 Å². The molecule has 0 amide bonds. The van der Waals surface area contributed by atoms with Gasteiger partial charge in [-0.05, 0) is 0 Å². The van der Waals surface area contributed by atoms with Crippen molar-refractivity contribution in [2.75, 3.05) is 0 Å². The Morgan fingerprint density at radius 3 is 1.30 bits per heavy atom. The van der Waals surface area contributed by atoms with Crippen LogP contribution in [-0.4, -0.2) is 25.9 Å². The molecule has 0 rings (SSSR count). The van der Waals surface area contributed by atoms with E-state index >= 15 is 0 Å². The zero-order valence-electron chi connectivity index (χ0n) is 13.9. The minimum Gasteiger partial charge on any atom is -0.343 e. The SMILES string of the molecule is O=S(=O)(O)OOS(=O)(=O)O.[CH2-]CCCCCCCCCCC.[Na+]. The average Bonchev–Trinajstić information content (AvgIpc) is 2.39. The molecule has 0 fully saturated rings. The van der Waals surface area contributed by atoms with Gasteiger partial charge in [0.2, 0.25) is 0 Å². The van der Waals surface area contributed by atoms with E-state index in [4.69, 9.17) is 9.11 Å². The summed E-state index contributed by atoms with van der Waals surface area (Å²) in [4.78, 5) is 0. The van der Waals surface area contributed by atoms with Crippen LogP contribution in [0.15, 0.2) is 0 Å². The Balaban J connectivity index is -0.000000338. The molecule has 11 heteroatoms. The first-order valence-electron chi connectivity index (χ1n) is 7.24. The summed E-state index contributed by atoms with van der Waals surface area (Å²) in [6.07, 6.45) is 13.9. The third kappa shape index (κ3) is 34.9. The molecule has 136 valence electrons. The Labute approximate surface area is 162 Å². The van der Waals surface area contributed by atoms with Crippen molar-refractivity contribution in [2.45, 2.75) is 71.1 Å². The molecular formula is C12H27NaO8S2. The molecule has 0 aliphatic rings. The Hall–Kier alpha value is 0.740. The Kier molecular flexibility index (Phi) is 21.8. The molecule has 0 aromatic heterocycles. The second-order valence-electron chi connectivity index (χ2n) is 4.67. The van der Waals surface area contributed by atoms with Gasteiger partial charge in [0, 0.05) is 0 Å². The summed E-state index contributed by atoms with van der Waals surface area (Å²) < 4.78 is 58.9. The van der Waals surface area contributed by atoms with E-state index in [1.54, 1.807) is 0 Å². The zero-order chi connectivity index (χ0) is 17.5. The Morgan fingerprint density at radius 2 is 1.04 bits per heavy atom. The minimum absolute atomic E-state index is 0. The van der Waals surface area contributed by atoms with Gasteiger partial charge in [-0.1, -0.05) is 73.4 Å². The van der Waals surface area contributed by atoms with Crippen molar-refractivity contribution >= 4 is 20.8 Å². The Bertz CT molecular complexity index is 394. The van der Waals surface area contributed by atoms with Crippen LogP contribution < -0.4 is 29.6 Å². The molecule has 0 aliphatic carbocycles. The van der Waals surface area contributed by atoms with Gasteiger partial charge in [-0.2, -0.15) is 23.3 Å². The van der Waals surface area contributed by atoms with Gasteiger partial charge in [0.05, 0.1) is 0 Å². The molecule has 23 heavy (non-hydrogen) atoms. The first-order valence-corrected chi connectivity index (χ1v) is 9.97. The van der Waals surface area contributed by atoms with Gasteiger partial charge in [0.25, 0.3) is 0 Å². The maximum absolute atomic E-state index is 9.51. The van der Waals surface area contributed by atoms with Crippen LogP contribution in [0.1, 0.15) is 71.1 Å². The van der Waals surface area contributed by atoms with Gasteiger partial charge in [0.15, 0.2) is 0 Å². The zero-order valence-corrected chi connectivity index (χ0v) is 17.6. The summed E-state index contributed by atoms with van der Waals surface area (Å²) >= 11 is 0. The van der Waals surface area contributed by atoms with Crippen molar-refractivity contribution in [3.8, 4) is 0 Å². The van der Waals surface area contributed by atoms with Crippen LogP contribution >= 0.6 is 0 Å². The normalized spacial score (nSPS) is 11.3. The maximum Gasteiger partial charge on any atom is 1.00 e. The summed E-state index contributed by atoms with van der Waals surface area (Å²) in [6.45, 7) is 6.12. The van der Waals surface area contributed by atoms with Crippen LogP contribution in [0.3, 0.4) is 0 Å². The molecule has 0 aromatic rings. The molecule has 0 atom stereocenters. The second-order valence-corrected chi connectivity index (χ2v) is 6.66. The van der Waals surface area contributed by atoms with Gasteiger partial charge in [-0.15, -0.1) is 0 Å². The first kappa shape index (κ1) is 28.5. The van der Waals surface area contributed by atoms with Gasteiger partial charge >= 0.3 is 50.4 Å². The minimum atomic E-state index is -5.02. The van der Waals surface area contributed by atoms with Crippen LogP contribution in [0.4, 0.5) is 0 Å². The molecule has 0 saturated heterocycles. The predicted molar refractivity (Wildman–Crippen MR) is 82.5 cm³/mol. The molecule has 0 spiro atoms. The smallest absolute Gasteiger partial charge is 0.343 e. The summed E-state index contributed by atoms with van der Waals surface area (Å²) in [7, 11) is -10.0. The monoisotopic (exact) mass is 386 g/mol. The van der Waals surface area contributed by atoms with Gasteiger partial charge < -0.3 is 6.92 Å². The number of hydrogen-bond donors (Lipinski definition) is 2. The van der Waals surface area contributed by atoms with Crippen LogP contribution in [-0.2, 0) is 29.5 Å². The van der Waals surface area contributed by atoms with Crippen LogP contribution in [0, 0.1) is 6.92 Å². The quantitative estimate of drug-likeness (QED) is 0.122. The fraction of sp³-hybridized carbons (Fsp3) is 0.917. The van der Waals surface area contributed by atoms with E-state index in [2.05, 4.69) is 22.5 Å². The van der Waals surface area contributed by atoms with Crippen molar-refractivity contribution in [3.05, 3.63) is 6.92 Å². The molecule has 0 bridgehead atoms. The molecule has 0 aliphatic heterocycles. The van der Waals surface area contributed by atoms with Crippen molar-refractivity contribution in [3.63, 3.8) is 0 Å². The standard InChI is InChI=1S/C12H25.Na.H2O8S2/c1-3-5-7-9-11-12-10-8-6-4-2;;1-9(2,3)7-8-10(4,5)6/h1,3-12H2,2H3;;(H,1,2,3)(H,4,5,6)/q-1;+1;. The molecule has 0 saturated carbocycles. The molecule has 8 nitrogen and oxygen atoms in total. The number of hydrogen-bond acceptors (Lipinski definition) is 6. The molecular weight excluding hydrogens is 359 g/mol. The van der Waals surface area contributed by atoms with Crippen molar-refractivity contribution in [2.24, 2.45) is 0 Å². The molecule has 0 heterocycles. The molecule has 0 aromatic carbocycles. The Morgan fingerprint density at radius 1 is 0.739 bits per heavy atom. The molecule has 0 radical (unpaired) electrons. The fourth-order valence-electron chi connectivity index (χ4n) is 1.56. The van der Waals surface area contributed by atoms with Crippen molar-refractivity contribution in [1.29, 1.82) is 0 Å². The van der Waals surface area contributed by atoms with E-state index in [1.165, 1.54) is 57.8 Å². The van der Waals surface area contributed by atoms with E-state index in [-0.39, 0.29) is 29.6 Å². The van der Waals surface area contributed by atoms with Crippen LogP contribution in [0.5, 0.6) is 0 Å². The second kappa shape index (κ2) is 17.6. The average molecular weight is 386 g/mol. The molecule has 2 N–H and O–H groups in total. The van der Waals surface area contributed by atoms with E-state index in [0.29, 0.717) is 0 Å². The third-order valence-corrected chi connectivity index (χ3v) is 3.12. The maximum atomic E-state index is 9.51. The van der Waals surface area contributed by atoms with Gasteiger partial charge in [-0.3, -0.25) is 9.11 Å². The largest absolute Gasteiger partial charge is 1.00 e. The van der Waals surface area contributed by atoms with E-state index < -0.39 is 20.8 Å². The first-order chi connectivity index (χ1) is 10.1. The van der Waals surface area contributed by atoms with E-state index in [1.807, 2.05) is 0 Å². The third-order valence-electron chi connectivity index (χ3n) is 2.55. The number of rotatable bonds is 12. The topological polar surface area (TPSA) is 127 Å². The van der Waals surface area contributed by atoms with E-state index in [9.17, 15) is 16.8 Å². The predicted octanol–water partition coefficient (Wildman–Crippen LogP) is 0.286.